The molecule has 0 bridgehead atoms. The van der Waals surface area contributed by atoms with Crippen molar-refractivity contribution in [3.8, 4) is 10.4 Å². The van der Waals surface area contributed by atoms with Crippen LogP contribution in [0.1, 0.15) is 29.5 Å². The number of benzene rings is 1. The van der Waals surface area contributed by atoms with Crippen LogP contribution in [-0.2, 0) is 0 Å². The van der Waals surface area contributed by atoms with Gasteiger partial charge in [0, 0.05) is 10.9 Å². The lowest BCUT2D eigenvalue weighted by molar-refractivity contribution is 0.459. The Morgan fingerprint density at radius 3 is 2.58 bits per heavy atom. The van der Waals surface area contributed by atoms with Gasteiger partial charge in [0.25, 0.3) is 0 Å². The monoisotopic (exact) mass is 292 g/mol. The van der Waals surface area contributed by atoms with E-state index in [9.17, 15) is 0 Å². The van der Waals surface area contributed by atoms with Crippen LogP contribution in [0.5, 0.6) is 0 Å². The third kappa shape index (κ3) is 2.83. The normalized spacial score (nSPS) is 16.7. The Morgan fingerprint density at radius 1 is 1.21 bits per heavy atom. The summed E-state index contributed by atoms with van der Waals surface area (Å²) in [5.74, 6) is 0.631. The van der Waals surface area contributed by atoms with Crippen LogP contribution in [0.25, 0.3) is 10.4 Å². The number of hydrogen-bond acceptors (Lipinski definition) is 3. The summed E-state index contributed by atoms with van der Waals surface area (Å²) in [5.41, 5.74) is 2.36. The molecule has 0 aliphatic carbocycles. The lowest BCUT2D eigenvalue weighted by Gasteiger charge is -2.20. The van der Waals surface area contributed by atoms with Crippen molar-refractivity contribution in [1.82, 2.24) is 10.3 Å². The van der Waals surface area contributed by atoms with Gasteiger partial charge in [-0.25, -0.2) is 4.98 Å². The molecule has 1 aromatic carbocycles. The standard InChI is InChI=1S/C15H17ClN2S/c1-10-14(11-2-4-13(16)5-3-11)19-15(18-10)12-6-8-17-9-7-12/h2-5,12,17H,6-9H2,1H3. The molecule has 0 unspecified atom stereocenters. The zero-order valence-corrected chi connectivity index (χ0v) is 12.5. The largest absolute Gasteiger partial charge is 0.317 e. The molecule has 4 heteroatoms. The van der Waals surface area contributed by atoms with E-state index >= 15 is 0 Å². The Morgan fingerprint density at radius 2 is 1.89 bits per heavy atom. The molecule has 2 heterocycles. The quantitative estimate of drug-likeness (QED) is 0.895. The van der Waals surface area contributed by atoms with Crippen molar-refractivity contribution in [1.29, 1.82) is 0 Å². The minimum atomic E-state index is 0.631. The molecule has 1 fully saturated rings. The Hall–Kier alpha value is -0.900. The molecule has 2 nitrogen and oxygen atoms in total. The van der Waals surface area contributed by atoms with Crippen LogP contribution in [-0.4, -0.2) is 18.1 Å². The molecular weight excluding hydrogens is 276 g/mol. The van der Waals surface area contributed by atoms with Gasteiger partial charge >= 0.3 is 0 Å². The molecular formula is C15H17ClN2S. The van der Waals surface area contributed by atoms with E-state index in [1.165, 1.54) is 28.3 Å². The highest BCUT2D eigenvalue weighted by molar-refractivity contribution is 7.15. The van der Waals surface area contributed by atoms with Crippen LogP contribution >= 0.6 is 22.9 Å². The molecule has 0 amide bonds. The third-order valence-corrected chi connectivity index (χ3v) is 5.23. The van der Waals surface area contributed by atoms with Crippen molar-refractivity contribution in [3.05, 3.63) is 40.0 Å². The second-order valence-electron chi connectivity index (χ2n) is 5.00. The van der Waals surface area contributed by atoms with Gasteiger partial charge in [0.2, 0.25) is 0 Å². The van der Waals surface area contributed by atoms with Crippen LogP contribution in [0, 0.1) is 6.92 Å². The number of thiazole rings is 1. The van der Waals surface area contributed by atoms with Gasteiger partial charge in [0.15, 0.2) is 0 Å². The minimum Gasteiger partial charge on any atom is -0.317 e. The Balaban J connectivity index is 1.90. The van der Waals surface area contributed by atoms with Gasteiger partial charge in [-0.2, -0.15) is 0 Å². The predicted octanol–water partition coefficient (Wildman–Crippen LogP) is 4.24. The Labute approximate surface area is 122 Å². The van der Waals surface area contributed by atoms with Crippen LogP contribution in [0.3, 0.4) is 0 Å². The first kappa shape index (κ1) is 13.1. The first-order valence-electron chi connectivity index (χ1n) is 6.68. The third-order valence-electron chi connectivity index (χ3n) is 3.61. The van der Waals surface area contributed by atoms with Crippen molar-refractivity contribution in [2.45, 2.75) is 25.7 Å². The lowest BCUT2D eigenvalue weighted by Crippen LogP contribution is -2.26. The molecule has 1 aromatic heterocycles. The van der Waals surface area contributed by atoms with Crippen molar-refractivity contribution in [2.75, 3.05) is 13.1 Å². The van der Waals surface area contributed by atoms with Crippen LogP contribution in [0.4, 0.5) is 0 Å². The highest BCUT2D eigenvalue weighted by atomic mass is 35.5. The van der Waals surface area contributed by atoms with Gasteiger partial charge in [-0.15, -0.1) is 11.3 Å². The summed E-state index contributed by atoms with van der Waals surface area (Å²) in [6.07, 6.45) is 2.40. The molecule has 0 saturated carbocycles. The molecule has 0 atom stereocenters. The first-order valence-corrected chi connectivity index (χ1v) is 7.87. The van der Waals surface area contributed by atoms with E-state index in [1.807, 2.05) is 23.5 Å². The summed E-state index contributed by atoms with van der Waals surface area (Å²) >= 11 is 7.79. The highest BCUT2D eigenvalue weighted by Crippen LogP contribution is 2.36. The van der Waals surface area contributed by atoms with Crippen molar-refractivity contribution in [2.24, 2.45) is 0 Å². The maximum atomic E-state index is 5.95. The number of halogens is 1. The van der Waals surface area contributed by atoms with Crippen LogP contribution < -0.4 is 5.32 Å². The fourth-order valence-corrected chi connectivity index (χ4v) is 3.90. The fourth-order valence-electron chi connectivity index (χ4n) is 2.53. The van der Waals surface area contributed by atoms with E-state index < -0.39 is 0 Å². The summed E-state index contributed by atoms with van der Waals surface area (Å²) in [5, 5.41) is 5.48. The topological polar surface area (TPSA) is 24.9 Å². The number of aromatic nitrogens is 1. The molecule has 100 valence electrons. The van der Waals surface area contributed by atoms with E-state index in [2.05, 4.69) is 24.4 Å². The number of piperidine rings is 1. The second kappa shape index (κ2) is 5.61. The van der Waals surface area contributed by atoms with Crippen molar-refractivity contribution < 1.29 is 0 Å². The average molecular weight is 293 g/mol. The van der Waals surface area contributed by atoms with Crippen molar-refractivity contribution >= 4 is 22.9 Å². The highest BCUT2D eigenvalue weighted by Gasteiger charge is 2.20. The molecule has 19 heavy (non-hydrogen) atoms. The molecule has 1 aliphatic heterocycles. The molecule has 2 aromatic rings. The summed E-state index contributed by atoms with van der Waals surface area (Å²) in [4.78, 5) is 6.07. The maximum absolute atomic E-state index is 5.95. The molecule has 3 rings (SSSR count). The predicted molar refractivity (Wildman–Crippen MR) is 82.1 cm³/mol. The van der Waals surface area contributed by atoms with Gasteiger partial charge in [0.1, 0.15) is 0 Å². The number of nitrogens with one attached hydrogen (secondary N) is 1. The van der Waals surface area contributed by atoms with Gasteiger partial charge in [-0.05, 0) is 50.6 Å². The van der Waals surface area contributed by atoms with E-state index in [0.717, 1.165) is 23.8 Å². The first-order chi connectivity index (χ1) is 9.24. The Bertz CT molecular complexity index is 556. The molecule has 1 N–H and O–H groups in total. The number of hydrogen-bond donors (Lipinski definition) is 1. The zero-order chi connectivity index (χ0) is 13.2. The Kier molecular flexibility index (Phi) is 3.87. The number of nitrogens with zero attached hydrogens (tertiary/aromatic N) is 1. The average Bonchev–Trinajstić information content (AvgIpc) is 2.83. The number of aryl methyl sites for hydroxylation is 1. The SMILES string of the molecule is Cc1nc(C2CCNCC2)sc1-c1ccc(Cl)cc1. The van der Waals surface area contributed by atoms with Crippen LogP contribution in [0.2, 0.25) is 5.02 Å². The van der Waals surface area contributed by atoms with Gasteiger partial charge < -0.3 is 5.32 Å². The summed E-state index contributed by atoms with van der Waals surface area (Å²) in [6, 6.07) is 8.05. The number of rotatable bonds is 2. The fraction of sp³-hybridized carbons (Fsp3) is 0.400. The molecule has 1 saturated heterocycles. The zero-order valence-electron chi connectivity index (χ0n) is 10.9. The smallest absolute Gasteiger partial charge is 0.0966 e. The van der Waals surface area contributed by atoms with E-state index in [4.69, 9.17) is 16.6 Å². The summed E-state index contributed by atoms with van der Waals surface area (Å²) in [7, 11) is 0. The van der Waals surface area contributed by atoms with Gasteiger partial charge in [0.05, 0.1) is 15.6 Å². The minimum absolute atomic E-state index is 0.631. The van der Waals surface area contributed by atoms with Crippen molar-refractivity contribution in [3.63, 3.8) is 0 Å². The summed E-state index contributed by atoms with van der Waals surface area (Å²) in [6.45, 7) is 4.32. The molecule has 0 spiro atoms. The van der Waals surface area contributed by atoms with E-state index in [1.54, 1.807) is 0 Å². The molecule has 0 radical (unpaired) electrons. The van der Waals surface area contributed by atoms with Gasteiger partial charge in [-0.1, -0.05) is 23.7 Å². The summed E-state index contributed by atoms with van der Waals surface area (Å²) < 4.78 is 0. The lowest BCUT2D eigenvalue weighted by atomic mass is 9.99. The van der Waals surface area contributed by atoms with E-state index in [0.29, 0.717) is 5.92 Å². The maximum Gasteiger partial charge on any atom is 0.0966 e. The second-order valence-corrected chi connectivity index (χ2v) is 6.46. The molecule has 1 aliphatic rings. The van der Waals surface area contributed by atoms with E-state index in [-0.39, 0.29) is 0 Å². The van der Waals surface area contributed by atoms with Gasteiger partial charge in [-0.3, -0.25) is 0 Å². The van der Waals surface area contributed by atoms with Crippen LogP contribution in [0.15, 0.2) is 24.3 Å².